The summed E-state index contributed by atoms with van der Waals surface area (Å²) < 4.78 is 52.5. The molecule has 1 aliphatic heterocycles. The van der Waals surface area contributed by atoms with Crippen molar-refractivity contribution >= 4 is 20.2 Å². The van der Waals surface area contributed by atoms with Gasteiger partial charge in [0, 0.05) is 5.92 Å². The van der Waals surface area contributed by atoms with E-state index in [4.69, 9.17) is 0 Å². The second-order valence-corrected chi connectivity index (χ2v) is 6.40. The van der Waals surface area contributed by atoms with Crippen LogP contribution in [-0.2, 0) is 28.6 Å². The Balaban J connectivity index is 2.80. The van der Waals surface area contributed by atoms with Crippen molar-refractivity contribution < 1.29 is 25.2 Å². The Morgan fingerprint density at radius 2 is 2.07 bits per heavy atom. The molecule has 14 heavy (non-hydrogen) atoms. The van der Waals surface area contributed by atoms with Gasteiger partial charge in [0.15, 0.2) is 6.29 Å². The summed E-state index contributed by atoms with van der Waals surface area (Å²) in [5, 5.41) is 0. The lowest BCUT2D eigenvalue weighted by atomic mass is 10.1. The zero-order valence-corrected chi connectivity index (χ0v) is 9.47. The fourth-order valence-electron chi connectivity index (χ4n) is 1.18. The number of hydrogen-bond donors (Lipinski definition) is 0. The summed E-state index contributed by atoms with van der Waals surface area (Å²) in [7, 11) is -7.31. The molecule has 0 saturated carbocycles. The Bertz CT molecular complexity index is 394. The first-order valence-corrected chi connectivity index (χ1v) is 7.42. The molecule has 1 rings (SSSR count). The Kier molecular flexibility index (Phi) is 3.20. The number of hydrogen-bond acceptors (Lipinski definition) is 6. The minimum Gasteiger partial charge on any atom is -0.237 e. The summed E-state index contributed by atoms with van der Waals surface area (Å²) in [6.45, 7) is 1.74. The third kappa shape index (κ3) is 3.19. The molecule has 0 aromatic heterocycles. The van der Waals surface area contributed by atoms with Crippen LogP contribution in [0.3, 0.4) is 0 Å². The highest BCUT2D eigenvalue weighted by molar-refractivity contribution is 7.87. The van der Waals surface area contributed by atoms with Gasteiger partial charge in [0.05, 0.1) is 12.0 Å². The van der Waals surface area contributed by atoms with E-state index in [-0.39, 0.29) is 5.75 Å². The summed E-state index contributed by atoms with van der Waals surface area (Å²) in [5.74, 6) is -0.612. The van der Waals surface area contributed by atoms with E-state index in [1.807, 2.05) is 0 Å². The Labute approximate surface area is 83.5 Å². The third-order valence-corrected chi connectivity index (χ3v) is 3.70. The Morgan fingerprint density at radius 1 is 1.50 bits per heavy atom. The fourth-order valence-corrected chi connectivity index (χ4v) is 3.25. The highest BCUT2D eigenvalue weighted by Gasteiger charge is 2.40. The van der Waals surface area contributed by atoms with Crippen molar-refractivity contribution in [3.8, 4) is 0 Å². The van der Waals surface area contributed by atoms with Crippen LogP contribution in [0.1, 0.15) is 13.3 Å². The molecule has 0 N–H and O–H groups in total. The lowest BCUT2D eigenvalue weighted by molar-refractivity contribution is -0.00325. The van der Waals surface area contributed by atoms with Gasteiger partial charge in [-0.25, -0.2) is 8.37 Å². The predicted octanol–water partition coefficient (Wildman–Crippen LogP) is -0.325. The molecule has 0 aromatic carbocycles. The van der Waals surface area contributed by atoms with Crippen LogP contribution in [0.25, 0.3) is 0 Å². The number of rotatable bonds is 3. The van der Waals surface area contributed by atoms with Gasteiger partial charge in [0.25, 0.3) is 20.2 Å². The largest absolute Gasteiger partial charge is 0.270 e. The molecular weight excluding hydrogens is 232 g/mol. The third-order valence-electron chi connectivity index (χ3n) is 1.84. The second kappa shape index (κ2) is 3.76. The van der Waals surface area contributed by atoms with E-state index in [0.717, 1.165) is 6.26 Å². The molecule has 0 aliphatic carbocycles. The standard InChI is InChI=1S/C6H12O6S2/c1-3-5-4-14(9,10)12-6(5)11-13(2,7)8/h5-6H,3-4H2,1-2H3. The SMILES string of the molecule is CCC1CS(=O)(=O)OC1OS(C)(=O)=O. The normalized spacial score (nSPS) is 31.9. The Hall–Kier alpha value is -0.180. The molecular formula is C6H12O6S2. The average Bonchev–Trinajstić information content (AvgIpc) is 2.21. The molecule has 0 radical (unpaired) electrons. The lowest BCUT2D eigenvalue weighted by Gasteiger charge is -2.12. The first-order valence-electron chi connectivity index (χ1n) is 4.03. The fraction of sp³-hybridized carbons (Fsp3) is 1.00. The zero-order chi connectivity index (χ0) is 11.0. The predicted molar refractivity (Wildman–Crippen MR) is 48.4 cm³/mol. The summed E-state index contributed by atoms with van der Waals surface area (Å²) >= 11 is 0. The van der Waals surface area contributed by atoms with Crippen LogP contribution in [0.4, 0.5) is 0 Å². The molecule has 0 aromatic rings. The maximum Gasteiger partial charge on any atom is 0.270 e. The molecule has 6 nitrogen and oxygen atoms in total. The average molecular weight is 244 g/mol. The van der Waals surface area contributed by atoms with Gasteiger partial charge in [-0.3, -0.25) is 0 Å². The summed E-state index contributed by atoms with van der Waals surface area (Å²) in [6, 6.07) is 0. The van der Waals surface area contributed by atoms with Crippen molar-refractivity contribution in [3.63, 3.8) is 0 Å². The summed E-state index contributed by atoms with van der Waals surface area (Å²) in [5.41, 5.74) is 0. The van der Waals surface area contributed by atoms with E-state index in [9.17, 15) is 16.8 Å². The maximum atomic E-state index is 11.0. The zero-order valence-electron chi connectivity index (χ0n) is 7.83. The molecule has 0 spiro atoms. The van der Waals surface area contributed by atoms with Crippen molar-refractivity contribution in [3.05, 3.63) is 0 Å². The smallest absolute Gasteiger partial charge is 0.237 e. The Morgan fingerprint density at radius 3 is 2.50 bits per heavy atom. The molecule has 2 atom stereocenters. The van der Waals surface area contributed by atoms with E-state index >= 15 is 0 Å². The van der Waals surface area contributed by atoms with E-state index in [2.05, 4.69) is 8.37 Å². The van der Waals surface area contributed by atoms with Gasteiger partial charge in [-0.1, -0.05) is 6.92 Å². The van der Waals surface area contributed by atoms with Crippen LogP contribution in [0.15, 0.2) is 0 Å². The summed E-state index contributed by atoms with van der Waals surface area (Å²) in [6.07, 6.45) is 0.146. The van der Waals surface area contributed by atoms with Crippen molar-refractivity contribution in [2.24, 2.45) is 5.92 Å². The van der Waals surface area contributed by atoms with Gasteiger partial charge in [-0.2, -0.15) is 16.8 Å². The van der Waals surface area contributed by atoms with E-state index in [0.29, 0.717) is 6.42 Å². The molecule has 0 amide bonds. The van der Waals surface area contributed by atoms with E-state index in [1.54, 1.807) is 6.92 Å². The quantitative estimate of drug-likeness (QED) is 0.632. The minimum atomic E-state index is -3.69. The molecule has 0 bridgehead atoms. The van der Waals surface area contributed by atoms with Gasteiger partial charge < -0.3 is 0 Å². The summed E-state index contributed by atoms with van der Waals surface area (Å²) in [4.78, 5) is 0. The van der Waals surface area contributed by atoms with Crippen LogP contribution >= 0.6 is 0 Å². The van der Waals surface area contributed by atoms with Gasteiger partial charge in [-0.15, -0.1) is 0 Å². The van der Waals surface area contributed by atoms with Crippen molar-refractivity contribution in [1.29, 1.82) is 0 Å². The van der Waals surface area contributed by atoms with Crippen LogP contribution in [0.5, 0.6) is 0 Å². The van der Waals surface area contributed by atoms with Gasteiger partial charge in [0.1, 0.15) is 0 Å². The topological polar surface area (TPSA) is 86.7 Å². The molecule has 2 unspecified atom stereocenters. The maximum absolute atomic E-state index is 11.0. The lowest BCUT2D eigenvalue weighted by Crippen LogP contribution is -2.23. The minimum absolute atomic E-state index is 0.191. The molecule has 1 saturated heterocycles. The molecule has 84 valence electrons. The van der Waals surface area contributed by atoms with Crippen LogP contribution in [0.2, 0.25) is 0 Å². The van der Waals surface area contributed by atoms with Gasteiger partial charge in [0.2, 0.25) is 0 Å². The second-order valence-electron chi connectivity index (χ2n) is 3.16. The molecule has 8 heteroatoms. The van der Waals surface area contributed by atoms with Gasteiger partial charge in [-0.05, 0) is 6.42 Å². The van der Waals surface area contributed by atoms with Crippen LogP contribution in [0, 0.1) is 5.92 Å². The molecule has 1 heterocycles. The van der Waals surface area contributed by atoms with Crippen LogP contribution < -0.4 is 0 Å². The first-order chi connectivity index (χ1) is 6.23. The molecule has 1 aliphatic rings. The monoisotopic (exact) mass is 244 g/mol. The van der Waals surface area contributed by atoms with E-state index in [1.165, 1.54) is 0 Å². The molecule has 1 fully saturated rings. The van der Waals surface area contributed by atoms with Crippen molar-refractivity contribution in [2.45, 2.75) is 19.6 Å². The van der Waals surface area contributed by atoms with Crippen LogP contribution in [-0.4, -0.2) is 35.1 Å². The first kappa shape index (κ1) is 11.9. The van der Waals surface area contributed by atoms with Crippen molar-refractivity contribution in [2.75, 3.05) is 12.0 Å². The van der Waals surface area contributed by atoms with Crippen molar-refractivity contribution in [1.82, 2.24) is 0 Å². The van der Waals surface area contributed by atoms with Gasteiger partial charge >= 0.3 is 0 Å². The highest BCUT2D eigenvalue weighted by atomic mass is 32.2. The highest BCUT2D eigenvalue weighted by Crippen LogP contribution is 2.27. The van der Waals surface area contributed by atoms with E-state index < -0.39 is 32.4 Å².